The van der Waals surface area contributed by atoms with E-state index in [1.54, 1.807) is 0 Å². The Bertz CT molecular complexity index is 240. The van der Waals surface area contributed by atoms with Crippen molar-refractivity contribution in [2.75, 3.05) is 13.1 Å². The lowest BCUT2D eigenvalue weighted by molar-refractivity contribution is -0.132. The van der Waals surface area contributed by atoms with Crippen LogP contribution in [0.4, 0.5) is 0 Å². The molecule has 1 heterocycles. The van der Waals surface area contributed by atoms with Gasteiger partial charge in [-0.2, -0.15) is 0 Å². The number of hydrogen-bond acceptors (Lipinski definition) is 1. The van der Waals surface area contributed by atoms with Crippen molar-refractivity contribution >= 4 is 21.8 Å². The fourth-order valence-corrected chi connectivity index (χ4v) is 1.58. The smallest absolute Gasteiger partial charge is 0.239 e. The average Bonchev–Trinajstić information content (AvgIpc) is 2.03. The molecule has 0 radical (unpaired) electrons. The van der Waals surface area contributed by atoms with Crippen LogP contribution in [0.5, 0.6) is 0 Å². The van der Waals surface area contributed by atoms with Crippen molar-refractivity contribution in [1.82, 2.24) is 4.90 Å². The molecule has 1 amide bonds. The SMILES string of the molecule is CC1=CCN(C(=O)C(C)(C)Br)CC1. The van der Waals surface area contributed by atoms with Gasteiger partial charge in [-0.3, -0.25) is 4.79 Å². The van der Waals surface area contributed by atoms with Crippen molar-refractivity contribution in [2.45, 2.75) is 31.5 Å². The summed E-state index contributed by atoms with van der Waals surface area (Å²) in [5.74, 6) is 0.177. The Kier molecular flexibility index (Phi) is 3.17. The Morgan fingerprint density at radius 2 is 2.23 bits per heavy atom. The summed E-state index contributed by atoms with van der Waals surface area (Å²) < 4.78 is -0.425. The summed E-state index contributed by atoms with van der Waals surface area (Å²) in [5, 5.41) is 0. The second-order valence-electron chi connectivity index (χ2n) is 4.02. The summed E-state index contributed by atoms with van der Waals surface area (Å²) in [7, 11) is 0. The summed E-state index contributed by atoms with van der Waals surface area (Å²) in [6.45, 7) is 7.51. The maximum absolute atomic E-state index is 11.8. The summed E-state index contributed by atoms with van der Waals surface area (Å²) in [4.78, 5) is 13.7. The van der Waals surface area contributed by atoms with Crippen LogP contribution in [0.1, 0.15) is 27.2 Å². The minimum atomic E-state index is -0.425. The zero-order valence-electron chi connectivity index (χ0n) is 8.43. The van der Waals surface area contributed by atoms with Gasteiger partial charge in [0.2, 0.25) is 5.91 Å². The molecule has 0 bridgehead atoms. The van der Waals surface area contributed by atoms with E-state index < -0.39 is 4.32 Å². The molecule has 0 spiro atoms. The molecule has 1 aliphatic heterocycles. The maximum atomic E-state index is 11.8. The van der Waals surface area contributed by atoms with Crippen LogP contribution in [0.2, 0.25) is 0 Å². The third-order valence-corrected chi connectivity index (χ3v) is 2.57. The highest BCUT2D eigenvalue weighted by atomic mass is 79.9. The van der Waals surface area contributed by atoms with Gasteiger partial charge in [-0.1, -0.05) is 27.6 Å². The first-order valence-electron chi connectivity index (χ1n) is 4.55. The third kappa shape index (κ3) is 2.83. The number of rotatable bonds is 1. The van der Waals surface area contributed by atoms with Crippen LogP contribution in [0.3, 0.4) is 0 Å². The molecule has 0 aromatic carbocycles. The molecule has 0 aromatic heterocycles. The average molecular weight is 246 g/mol. The number of halogens is 1. The van der Waals surface area contributed by atoms with Crippen molar-refractivity contribution in [2.24, 2.45) is 0 Å². The molecule has 1 rings (SSSR count). The van der Waals surface area contributed by atoms with Gasteiger partial charge in [-0.05, 0) is 27.2 Å². The van der Waals surface area contributed by atoms with Crippen molar-refractivity contribution in [3.8, 4) is 0 Å². The minimum absolute atomic E-state index is 0.177. The molecule has 0 saturated carbocycles. The Balaban J connectivity index is 2.61. The fourth-order valence-electron chi connectivity index (χ4n) is 1.33. The normalized spacial score (nSPS) is 18.5. The van der Waals surface area contributed by atoms with E-state index >= 15 is 0 Å². The molecule has 0 unspecified atom stereocenters. The number of carbonyl (C=O) groups is 1. The monoisotopic (exact) mass is 245 g/mol. The number of nitrogens with zero attached hydrogens (tertiary/aromatic N) is 1. The maximum Gasteiger partial charge on any atom is 0.239 e. The third-order valence-electron chi connectivity index (χ3n) is 2.23. The summed E-state index contributed by atoms with van der Waals surface area (Å²) in [6.07, 6.45) is 3.13. The molecule has 13 heavy (non-hydrogen) atoms. The van der Waals surface area contributed by atoms with Crippen molar-refractivity contribution in [3.05, 3.63) is 11.6 Å². The topological polar surface area (TPSA) is 20.3 Å². The van der Waals surface area contributed by atoms with Crippen LogP contribution in [-0.4, -0.2) is 28.2 Å². The largest absolute Gasteiger partial charge is 0.337 e. The molecule has 1 aliphatic rings. The number of carbonyl (C=O) groups excluding carboxylic acids is 1. The van der Waals surface area contributed by atoms with Gasteiger partial charge in [0.1, 0.15) is 0 Å². The molecular formula is C10H16BrNO. The highest BCUT2D eigenvalue weighted by Gasteiger charge is 2.29. The van der Waals surface area contributed by atoms with Gasteiger partial charge in [-0.25, -0.2) is 0 Å². The van der Waals surface area contributed by atoms with E-state index in [1.807, 2.05) is 18.7 Å². The van der Waals surface area contributed by atoms with Gasteiger partial charge >= 0.3 is 0 Å². The Morgan fingerprint density at radius 1 is 1.62 bits per heavy atom. The predicted octanol–water partition coefficient (Wildman–Crippen LogP) is 2.34. The van der Waals surface area contributed by atoms with Gasteiger partial charge in [0.15, 0.2) is 0 Å². The lowest BCUT2D eigenvalue weighted by atomic mass is 10.1. The quantitative estimate of drug-likeness (QED) is 0.513. The highest BCUT2D eigenvalue weighted by Crippen LogP contribution is 2.21. The molecule has 0 atom stereocenters. The second-order valence-corrected chi connectivity index (χ2v) is 6.01. The highest BCUT2D eigenvalue weighted by molar-refractivity contribution is 9.10. The molecule has 3 heteroatoms. The Hall–Kier alpha value is -0.310. The number of amides is 1. The first kappa shape index (κ1) is 10.8. The first-order valence-corrected chi connectivity index (χ1v) is 5.34. The van der Waals surface area contributed by atoms with E-state index in [4.69, 9.17) is 0 Å². The minimum Gasteiger partial charge on any atom is -0.337 e. The number of hydrogen-bond donors (Lipinski definition) is 0. The molecular weight excluding hydrogens is 230 g/mol. The molecule has 0 saturated heterocycles. The van der Waals surface area contributed by atoms with Crippen molar-refractivity contribution in [1.29, 1.82) is 0 Å². The van der Waals surface area contributed by atoms with Crippen LogP contribution in [-0.2, 0) is 4.79 Å². The van der Waals surface area contributed by atoms with E-state index in [0.717, 1.165) is 19.5 Å². The van der Waals surface area contributed by atoms with Gasteiger partial charge < -0.3 is 4.90 Å². The Morgan fingerprint density at radius 3 is 2.62 bits per heavy atom. The van der Waals surface area contributed by atoms with E-state index in [1.165, 1.54) is 5.57 Å². The van der Waals surface area contributed by atoms with Gasteiger partial charge in [-0.15, -0.1) is 0 Å². The zero-order valence-corrected chi connectivity index (χ0v) is 10.0. The molecule has 0 aliphatic carbocycles. The van der Waals surface area contributed by atoms with Crippen LogP contribution in [0, 0.1) is 0 Å². The zero-order chi connectivity index (χ0) is 10.1. The van der Waals surface area contributed by atoms with Gasteiger partial charge in [0, 0.05) is 13.1 Å². The lowest BCUT2D eigenvalue weighted by Gasteiger charge is -2.30. The van der Waals surface area contributed by atoms with Crippen LogP contribution in [0.25, 0.3) is 0 Å². The van der Waals surface area contributed by atoms with E-state index in [0.29, 0.717) is 0 Å². The molecule has 0 N–H and O–H groups in total. The fraction of sp³-hybridized carbons (Fsp3) is 0.700. The van der Waals surface area contributed by atoms with E-state index in [9.17, 15) is 4.79 Å². The van der Waals surface area contributed by atoms with Crippen LogP contribution in [0.15, 0.2) is 11.6 Å². The van der Waals surface area contributed by atoms with Crippen molar-refractivity contribution in [3.63, 3.8) is 0 Å². The standard InChI is InChI=1S/C10H16BrNO/c1-8-4-6-12(7-5-8)9(13)10(2,3)11/h4H,5-7H2,1-3H3. The molecule has 74 valence electrons. The number of alkyl halides is 1. The van der Waals surface area contributed by atoms with Crippen molar-refractivity contribution < 1.29 is 4.79 Å². The summed E-state index contributed by atoms with van der Waals surface area (Å²) >= 11 is 3.38. The molecule has 0 aromatic rings. The first-order chi connectivity index (χ1) is 5.91. The van der Waals surface area contributed by atoms with E-state index in [2.05, 4.69) is 28.9 Å². The Labute approximate surface area is 88.1 Å². The lowest BCUT2D eigenvalue weighted by Crippen LogP contribution is -2.43. The van der Waals surface area contributed by atoms with Crippen LogP contribution < -0.4 is 0 Å². The molecule has 0 fully saturated rings. The second kappa shape index (κ2) is 3.82. The predicted molar refractivity (Wildman–Crippen MR) is 58.0 cm³/mol. The molecule has 2 nitrogen and oxygen atoms in total. The van der Waals surface area contributed by atoms with Gasteiger partial charge in [0.05, 0.1) is 4.32 Å². The van der Waals surface area contributed by atoms with Crippen LogP contribution >= 0.6 is 15.9 Å². The van der Waals surface area contributed by atoms with E-state index in [-0.39, 0.29) is 5.91 Å². The summed E-state index contributed by atoms with van der Waals surface area (Å²) in [6, 6.07) is 0. The summed E-state index contributed by atoms with van der Waals surface area (Å²) in [5.41, 5.74) is 1.39. The van der Waals surface area contributed by atoms with Gasteiger partial charge in [0.25, 0.3) is 0 Å².